The van der Waals surface area contributed by atoms with Crippen LogP contribution in [0.3, 0.4) is 0 Å². The second-order valence-electron chi connectivity index (χ2n) is 4.26. The number of nitrogens with zero attached hydrogens (tertiary/aromatic N) is 2. The summed E-state index contributed by atoms with van der Waals surface area (Å²) in [7, 11) is 1.79. The molecular formula is C12H17ClN2O. The molecule has 1 aromatic heterocycles. The van der Waals surface area contributed by atoms with Crippen LogP contribution in [0.4, 0.5) is 0 Å². The third-order valence-electron chi connectivity index (χ3n) is 2.84. The predicted molar refractivity (Wildman–Crippen MR) is 65.6 cm³/mol. The number of aromatic nitrogens is 1. The number of hydrogen-bond acceptors (Lipinski definition) is 2. The van der Waals surface area contributed by atoms with Gasteiger partial charge in [0.1, 0.15) is 5.69 Å². The number of halogens is 1. The molecule has 88 valence electrons. The minimum Gasteiger partial charge on any atom is -0.337 e. The molecule has 1 rings (SSSR count). The lowest BCUT2D eigenvalue weighted by atomic mass is 10.1. The van der Waals surface area contributed by atoms with Crippen LogP contribution in [0.25, 0.3) is 0 Å². The molecule has 0 spiro atoms. The van der Waals surface area contributed by atoms with Crippen molar-refractivity contribution in [1.29, 1.82) is 0 Å². The van der Waals surface area contributed by atoms with Gasteiger partial charge in [-0.25, -0.2) is 0 Å². The number of carbonyl (C=O) groups is 1. The van der Waals surface area contributed by atoms with Crippen LogP contribution in [-0.4, -0.2) is 28.9 Å². The fourth-order valence-corrected chi connectivity index (χ4v) is 1.49. The van der Waals surface area contributed by atoms with E-state index in [9.17, 15) is 4.79 Å². The van der Waals surface area contributed by atoms with Crippen molar-refractivity contribution in [3.63, 3.8) is 0 Å². The Kier molecular flexibility index (Phi) is 4.30. The summed E-state index contributed by atoms with van der Waals surface area (Å²) >= 11 is 5.82. The van der Waals surface area contributed by atoms with Gasteiger partial charge in [-0.2, -0.15) is 0 Å². The van der Waals surface area contributed by atoms with Crippen molar-refractivity contribution in [2.45, 2.75) is 26.8 Å². The van der Waals surface area contributed by atoms with E-state index in [0.29, 0.717) is 16.6 Å². The monoisotopic (exact) mass is 240 g/mol. The van der Waals surface area contributed by atoms with E-state index >= 15 is 0 Å². The zero-order valence-electron chi connectivity index (χ0n) is 10.1. The molecule has 0 saturated carbocycles. The van der Waals surface area contributed by atoms with Crippen LogP contribution in [0, 0.1) is 5.92 Å². The summed E-state index contributed by atoms with van der Waals surface area (Å²) in [5.41, 5.74) is 0.391. The number of carbonyl (C=O) groups excluding carboxylic acids is 1. The second kappa shape index (κ2) is 5.30. The van der Waals surface area contributed by atoms with Crippen LogP contribution in [0.2, 0.25) is 5.02 Å². The molecule has 1 heterocycles. The summed E-state index contributed by atoms with van der Waals surface area (Å²) < 4.78 is 0. The molecule has 0 N–H and O–H groups in total. The predicted octanol–water partition coefficient (Wildman–Crippen LogP) is 2.85. The molecule has 4 heteroatoms. The van der Waals surface area contributed by atoms with Crippen LogP contribution in [0.5, 0.6) is 0 Å². The fourth-order valence-electron chi connectivity index (χ4n) is 1.33. The summed E-state index contributed by atoms with van der Waals surface area (Å²) in [6.45, 7) is 6.19. The number of pyridine rings is 1. The SMILES string of the molecule is CC(C)C(C)N(C)C(=O)c1cc(Cl)ccn1. The highest BCUT2D eigenvalue weighted by Gasteiger charge is 2.20. The van der Waals surface area contributed by atoms with E-state index in [-0.39, 0.29) is 11.9 Å². The Morgan fingerprint density at radius 3 is 2.56 bits per heavy atom. The molecule has 1 unspecified atom stereocenters. The zero-order valence-corrected chi connectivity index (χ0v) is 10.8. The number of amides is 1. The van der Waals surface area contributed by atoms with Crippen molar-refractivity contribution in [3.05, 3.63) is 29.0 Å². The van der Waals surface area contributed by atoms with Crippen molar-refractivity contribution in [3.8, 4) is 0 Å². The number of rotatable bonds is 3. The summed E-state index contributed by atoms with van der Waals surface area (Å²) in [6, 6.07) is 3.42. The van der Waals surface area contributed by atoms with Gasteiger partial charge in [0.15, 0.2) is 0 Å². The molecule has 0 bridgehead atoms. The molecule has 0 aliphatic rings. The van der Waals surface area contributed by atoms with Gasteiger partial charge in [-0.15, -0.1) is 0 Å². The minimum atomic E-state index is -0.0938. The quantitative estimate of drug-likeness (QED) is 0.814. The van der Waals surface area contributed by atoms with E-state index in [0.717, 1.165) is 0 Å². The van der Waals surface area contributed by atoms with Crippen LogP contribution in [-0.2, 0) is 0 Å². The molecule has 0 aromatic carbocycles. The smallest absolute Gasteiger partial charge is 0.272 e. The highest BCUT2D eigenvalue weighted by molar-refractivity contribution is 6.30. The first kappa shape index (κ1) is 13.0. The minimum absolute atomic E-state index is 0.0938. The summed E-state index contributed by atoms with van der Waals surface area (Å²) in [5, 5.41) is 0.531. The molecule has 1 amide bonds. The Bertz CT molecular complexity index is 379. The van der Waals surface area contributed by atoms with E-state index < -0.39 is 0 Å². The molecule has 0 aliphatic carbocycles. The third-order valence-corrected chi connectivity index (χ3v) is 3.07. The second-order valence-corrected chi connectivity index (χ2v) is 4.70. The highest BCUT2D eigenvalue weighted by Crippen LogP contribution is 2.13. The molecule has 1 atom stereocenters. The van der Waals surface area contributed by atoms with Gasteiger partial charge in [0.05, 0.1) is 0 Å². The van der Waals surface area contributed by atoms with Gasteiger partial charge in [-0.1, -0.05) is 25.4 Å². The Labute approximate surface area is 101 Å². The lowest BCUT2D eigenvalue weighted by molar-refractivity contribution is 0.0701. The van der Waals surface area contributed by atoms with Gasteiger partial charge in [-0.05, 0) is 25.0 Å². The molecule has 0 aliphatic heterocycles. The van der Waals surface area contributed by atoms with E-state index in [2.05, 4.69) is 18.8 Å². The summed E-state index contributed by atoms with van der Waals surface area (Å²) in [6.07, 6.45) is 1.55. The largest absolute Gasteiger partial charge is 0.337 e. The van der Waals surface area contributed by atoms with E-state index in [1.54, 1.807) is 30.3 Å². The van der Waals surface area contributed by atoms with Gasteiger partial charge < -0.3 is 4.90 Å². The fraction of sp³-hybridized carbons (Fsp3) is 0.500. The Balaban J connectivity index is 2.86. The average molecular weight is 241 g/mol. The van der Waals surface area contributed by atoms with Gasteiger partial charge in [-0.3, -0.25) is 9.78 Å². The van der Waals surface area contributed by atoms with E-state index in [1.807, 2.05) is 6.92 Å². The van der Waals surface area contributed by atoms with Crippen molar-refractivity contribution in [2.75, 3.05) is 7.05 Å². The van der Waals surface area contributed by atoms with Crippen molar-refractivity contribution in [2.24, 2.45) is 5.92 Å². The molecule has 0 fully saturated rings. The third kappa shape index (κ3) is 2.95. The average Bonchev–Trinajstić information content (AvgIpc) is 2.26. The topological polar surface area (TPSA) is 33.2 Å². The normalized spacial score (nSPS) is 12.6. The van der Waals surface area contributed by atoms with Gasteiger partial charge >= 0.3 is 0 Å². The van der Waals surface area contributed by atoms with Gasteiger partial charge in [0, 0.05) is 24.3 Å². The first-order valence-electron chi connectivity index (χ1n) is 5.32. The van der Waals surface area contributed by atoms with Crippen LogP contribution >= 0.6 is 11.6 Å². The van der Waals surface area contributed by atoms with Crippen LogP contribution in [0.1, 0.15) is 31.3 Å². The molecule has 16 heavy (non-hydrogen) atoms. The maximum absolute atomic E-state index is 12.0. The molecule has 3 nitrogen and oxygen atoms in total. The van der Waals surface area contributed by atoms with Crippen molar-refractivity contribution < 1.29 is 4.79 Å². The van der Waals surface area contributed by atoms with Crippen molar-refractivity contribution >= 4 is 17.5 Å². The summed E-state index contributed by atoms with van der Waals surface area (Å²) in [5.74, 6) is 0.317. The Hall–Kier alpha value is -1.09. The first-order chi connectivity index (χ1) is 7.43. The molecule has 0 radical (unpaired) electrons. The van der Waals surface area contributed by atoms with Crippen LogP contribution < -0.4 is 0 Å². The van der Waals surface area contributed by atoms with Crippen molar-refractivity contribution in [1.82, 2.24) is 9.88 Å². The lowest BCUT2D eigenvalue weighted by Gasteiger charge is -2.27. The molecule has 0 saturated heterocycles. The Morgan fingerprint density at radius 2 is 2.06 bits per heavy atom. The van der Waals surface area contributed by atoms with E-state index in [1.165, 1.54) is 0 Å². The van der Waals surface area contributed by atoms with E-state index in [4.69, 9.17) is 11.6 Å². The van der Waals surface area contributed by atoms with Gasteiger partial charge in [0.2, 0.25) is 0 Å². The highest BCUT2D eigenvalue weighted by atomic mass is 35.5. The maximum atomic E-state index is 12.0. The van der Waals surface area contributed by atoms with Crippen LogP contribution in [0.15, 0.2) is 18.3 Å². The van der Waals surface area contributed by atoms with Gasteiger partial charge in [0.25, 0.3) is 5.91 Å². The number of hydrogen-bond donors (Lipinski definition) is 0. The lowest BCUT2D eigenvalue weighted by Crippen LogP contribution is -2.38. The molecular weight excluding hydrogens is 224 g/mol. The summed E-state index contributed by atoms with van der Waals surface area (Å²) in [4.78, 5) is 17.8. The zero-order chi connectivity index (χ0) is 12.3. The molecule has 1 aromatic rings. The standard InChI is InChI=1S/C12H17ClN2O/c1-8(2)9(3)15(4)12(16)11-7-10(13)5-6-14-11/h5-9H,1-4H3. The first-order valence-corrected chi connectivity index (χ1v) is 5.70. The Morgan fingerprint density at radius 1 is 1.44 bits per heavy atom. The maximum Gasteiger partial charge on any atom is 0.272 e.